The number of halogens is 3. The zero-order chi connectivity index (χ0) is 43.3. The van der Waals surface area contributed by atoms with Gasteiger partial charge in [-0.15, -0.1) is 12.4 Å². The number of nitrogens with one attached hydrogen (secondary N) is 3. The fraction of sp³-hybridized carbons (Fsp3) is 0.286. The summed E-state index contributed by atoms with van der Waals surface area (Å²) in [6.07, 6.45) is 3.47. The quantitative estimate of drug-likeness (QED) is 0.171. The fourth-order valence-electron chi connectivity index (χ4n) is 6.55. The van der Waals surface area contributed by atoms with Crippen molar-refractivity contribution in [1.82, 2.24) is 40.1 Å². The Morgan fingerprint density at radius 3 is 1.58 bits per heavy atom. The molecule has 2 aliphatic rings. The number of benzene rings is 2. The van der Waals surface area contributed by atoms with Gasteiger partial charge in [0, 0.05) is 84.0 Å². The van der Waals surface area contributed by atoms with Gasteiger partial charge in [-0.1, -0.05) is 12.1 Å². The lowest BCUT2D eigenvalue weighted by molar-refractivity contribution is -0.137. The van der Waals surface area contributed by atoms with E-state index in [1.165, 1.54) is 42.6 Å². The number of aliphatic carboxylic acids is 1. The molecule has 4 aromatic heterocycles. The van der Waals surface area contributed by atoms with Gasteiger partial charge in [0.2, 0.25) is 5.91 Å². The molecule has 2 aromatic carbocycles. The maximum atomic E-state index is 13.9. The number of pyridine rings is 2. The molecule has 4 N–H and O–H groups in total. The van der Waals surface area contributed by atoms with Crippen molar-refractivity contribution in [3.05, 3.63) is 128 Å². The SMILES string of the molecule is Cl.N#Cc1ccc(N2CCN(C(=O)CCc3nc4c(F)cccc4c(=O)[nH]3)CC2)nc1.N#Cc1ccc(N2CCNCC2)nc1.O=C(O)CCc1nc2c(F)cccc2c(=O)[nH]1. The minimum atomic E-state index is -0.999. The number of fused-ring (bicyclic) bond motifs is 2. The Morgan fingerprint density at radius 2 is 1.15 bits per heavy atom. The van der Waals surface area contributed by atoms with E-state index in [1.54, 1.807) is 23.2 Å². The summed E-state index contributed by atoms with van der Waals surface area (Å²) < 4.78 is 27.4. The highest BCUT2D eigenvalue weighted by Gasteiger charge is 2.22. The molecule has 1 amide bonds. The van der Waals surface area contributed by atoms with Crippen molar-refractivity contribution in [2.45, 2.75) is 25.7 Å². The van der Waals surface area contributed by atoms with E-state index in [-0.39, 0.29) is 71.6 Å². The Labute approximate surface area is 359 Å². The topological polar surface area (TPSA) is 241 Å². The lowest BCUT2D eigenvalue weighted by Crippen LogP contribution is -2.49. The zero-order valence-electron chi connectivity index (χ0n) is 33.2. The summed E-state index contributed by atoms with van der Waals surface area (Å²) in [4.78, 5) is 74.4. The number of nitriles is 2. The van der Waals surface area contributed by atoms with Gasteiger partial charge in [-0.2, -0.15) is 10.5 Å². The molecule has 320 valence electrons. The second-order valence-corrected chi connectivity index (χ2v) is 13.8. The summed E-state index contributed by atoms with van der Waals surface area (Å²) in [6, 6.07) is 19.7. The van der Waals surface area contributed by atoms with Gasteiger partial charge in [-0.3, -0.25) is 19.2 Å². The van der Waals surface area contributed by atoms with Gasteiger partial charge in [0.15, 0.2) is 0 Å². The third-order valence-electron chi connectivity index (χ3n) is 9.77. The molecule has 17 nitrogen and oxygen atoms in total. The van der Waals surface area contributed by atoms with E-state index in [4.69, 9.17) is 15.6 Å². The second kappa shape index (κ2) is 21.8. The molecule has 2 saturated heterocycles. The van der Waals surface area contributed by atoms with Crippen molar-refractivity contribution in [3.63, 3.8) is 0 Å². The van der Waals surface area contributed by atoms with Crippen molar-refractivity contribution in [1.29, 1.82) is 10.5 Å². The second-order valence-electron chi connectivity index (χ2n) is 13.8. The number of hydrogen-bond donors (Lipinski definition) is 4. The number of hydrogen-bond acceptors (Lipinski definition) is 13. The summed E-state index contributed by atoms with van der Waals surface area (Å²) >= 11 is 0. The Morgan fingerprint density at radius 1 is 0.677 bits per heavy atom. The molecule has 0 radical (unpaired) electrons. The predicted molar refractivity (Wildman–Crippen MR) is 228 cm³/mol. The number of piperazine rings is 2. The molecule has 62 heavy (non-hydrogen) atoms. The van der Waals surface area contributed by atoms with E-state index in [9.17, 15) is 28.0 Å². The van der Waals surface area contributed by atoms with E-state index in [1.807, 2.05) is 18.2 Å². The fourth-order valence-corrected chi connectivity index (χ4v) is 6.55. The van der Waals surface area contributed by atoms with Crippen LogP contribution in [0.15, 0.2) is 82.6 Å². The average Bonchev–Trinajstić information content (AvgIpc) is 3.29. The first-order chi connectivity index (χ1) is 29.5. The summed E-state index contributed by atoms with van der Waals surface area (Å²) in [7, 11) is 0. The molecule has 20 heteroatoms. The Kier molecular flexibility index (Phi) is 16.1. The minimum absolute atomic E-state index is 0. The minimum Gasteiger partial charge on any atom is -0.481 e. The van der Waals surface area contributed by atoms with Crippen molar-refractivity contribution < 1.29 is 23.5 Å². The third kappa shape index (κ3) is 11.9. The monoisotopic (exact) mass is 866 g/mol. The molecular formula is C42H41ClF2N12O5. The number of rotatable bonds is 8. The van der Waals surface area contributed by atoms with Crippen LogP contribution >= 0.6 is 12.4 Å². The molecule has 0 unspecified atom stereocenters. The smallest absolute Gasteiger partial charge is 0.303 e. The summed E-state index contributed by atoms with van der Waals surface area (Å²) in [5.41, 5.74) is 0.237. The zero-order valence-corrected chi connectivity index (χ0v) is 34.0. The molecule has 0 aliphatic carbocycles. The summed E-state index contributed by atoms with van der Waals surface area (Å²) in [6.45, 7) is 6.36. The number of amides is 1. The highest BCUT2D eigenvalue weighted by atomic mass is 35.5. The van der Waals surface area contributed by atoms with Gasteiger partial charge in [-0.05, 0) is 48.5 Å². The van der Waals surface area contributed by atoms with Crippen LogP contribution in [-0.2, 0) is 22.4 Å². The van der Waals surface area contributed by atoms with Gasteiger partial charge >= 0.3 is 5.97 Å². The number of aromatic amines is 2. The van der Waals surface area contributed by atoms with Gasteiger partial charge in [0.25, 0.3) is 11.1 Å². The maximum absolute atomic E-state index is 13.9. The van der Waals surface area contributed by atoms with Crippen molar-refractivity contribution in [3.8, 4) is 12.1 Å². The van der Waals surface area contributed by atoms with Crippen molar-refractivity contribution in [2.24, 2.45) is 0 Å². The molecule has 0 saturated carbocycles. The normalized spacial score (nSPS) is 13.4. The van der Waals surface area contributed by atoms with E-state index in [0.717, 1.165) is 37.8 Å². The van der Waals surface area contributed by atoms with Crippen LogP contribution in [0.2, 0.25) is 0 Å². The molecule has 0 bridgehead atoms. The molecule has 0 spiro atoms. The molecule has 8 rings (SSSR count). The number of carbonyl (C=O) groups excluding carboxylic acids is 1. The molecule has 0 atom stereocenters. The van der Waals surface area contributed by atoms with Crippen molar-refractivity contribution >= 4 is 57.7 Å². The standard InChI is InChI=1S/C21H19FN6O2.C11H9FN2O3.C10H12N4.ClH/c22-16-3-1-2-15-20(16)25-17(26-21(15)30)5-7-19(29)28-10-8-27(9-11-28)18-6-4-14(12-23)13-24-18;12-7-3-1-2-6-10(7)13-8(14-11(6)17)4-5-9(15)16;11-7-9-1-2-10(13-8-9)14-5-3-12-4-6-14;/h1-4,6,13H,5,7-11H2,(H,25,26,30);1-3H,4-5H2,(H,15,16)(H,13,14,17);1-2,8,12H,3-6H2;1H. The first kappa shape index (κ1) is 45.7. The molecule has 6 heterocycles. The third-order valence-corrected chi connectivity index (χ3v) is 9.77. The van der Waals surface area contributed by atoms with Gasteiger partial charge < -0.3 is 35.1 Å². The van der Waals surface area contributed by atoms with Crippen LogP contribution < -0.4 is 26.2 Å². The molecule has 6 aromatic rings. The average molecular weight is 867 g/mol. The first-order valence-electron chi connectivity index (χ1n) is 19.3. The first-order valence-corrected chi connectivity index (χ1v) is 19.3. The Hall–Kier alpha value is -7.35. The van der Waals surface area contributed by atoms with Crippen LogP contribution in [0, 0.1) is 34.3 Å². The van der Waals surface area contributed by atoms with E-state index in [2.05, 4.69) is 51.1 Å². The number of carboxylic acids is 1. The number of anilines is 2. The Balaban J connectivity index is 0.000000192. The predicted octanol–water partition coefficient (Wildman–Crippen LogP) is 3.47. The van der Waals surface area contributed by atoms with Crippen LogP contribution in [0.5, 0.6) is 0 Å². The van der Waals surface area contributed by atoms with E-state index in [0.29, 0.717) is 43.1 Å². The lowest BCUT2D eigenvalue weighted by Gasteiger charge is -2.35. The maximum Gasteiger partial charge on any atom is 0.303 e. The highest BCUT2D eigenvalue weighted by Crippen LogP contribution is 2.17. The number of carbonyl (C=O) groups is 2. The van der Waals surface area contributed by atoms with E-state index >= 15 is 0 Å². The van der Waals surface area contributed by atoms with Crippen LogP contribution in [0.1, 0.15) is 35.6 Å². The van der Waals surface area contributed by atoms with Gasteiger partial charge in [0.1, 0.15) is 58.1 Å². The molecule has 2 aliphatic heterocycles. The summed E-state index contributed by atoms with van der Waals surface area (Å²) in [5.74, 6) is 0.0248. The number of aryl methyl sites for hydroxylation is 2. The number of nitrogens with zero attached hydrogens (tertiary/aromatic N) is 9. The highest BCUT2D eigenvalue weighted by molar-refractivity contribution is 5.85. The van der Waals surface area contributed by atoms with Gasteiger partial charge in [-0.25, -0.2) is 28.7 Å². The van der Waals surface area contributed by atoms with Crippen LogP contribution in [0.25, 0.3) is 21.8 Å². The van der Waals surface area contributed by atoms with Crippen LogP contribution in [-0.4, -0.2) is 104 Å². The molecule has 2 fully saturated rings. The van der Waals surface area contributed by atoms with Crippen LogP contribution in [0.3, 0.4) is 0 Å². The number of aromatic nitrogens is 6. The summed E-state index contributed by atoms with van der Waals surface area (Å²) in [5, 5.41) is 29.6. The van der Waals surface area contributed by atoms with Gasteiger partial charge in [0.05, 0.1) is 28.3 Å². The largest absolute Gasteiger partial charge is 0.481 e. The van der Waals surface area contributed by atoms with E-state index < -0.39 is 28.7 Å². The number of carboxylic acid groups (broad SMARTS) is 1. The number of para-hydroxylation sites is 2. The molecular weight excluding hydrogens is 826 g/mol. The Bertz CT molecular complexity index is 2710. The number of H-pyrrole nitrogens is 2. The lowest BCUT2D eigenvalue weighted by atomic mass is 10.2. The van der Waals surface area contributed by atoms with Crippen LogP contribution in [0.4, 0.5) is 20.4 Å². The van der Waals surface area contributed by atoms with Crippen molar-refractivity contribution in [2.75, 3.05) is 62.2 Å².